The Hall–Kier alpha value is -0.690. The van der Waals surface area contributed by atoms with Crippen LogP contribution in [-0.4, -0.2) is 0 Å². The van der Waals surface area contributed by atoms with Crippen molar-refractivity contribution in [2.45, 2.75) is 13.3 Å². The van der Waals surface area contributed by atoms with Gasteiger partial charge in [-0.3, -0.25) is 0 Å². The van der Waals surface area contributed by atoms with Crippen LogP contribution in [0.15, 0.2) is 24.3 Å². The normalized spacial score (nSPS) is 7.75. The number of nitrogens with two attached hydrogens (primary N) is 1. The number of hydrogen-bond acceptors (Lipinski definition) is 1. The topological polar surface area (TPSA) is 26.0 Å². The lowest BCUT2D eigenvalue weighted by Crippen LogP contribution is -1.81. The molecule has 0 aliphatic heterocycles. The molecule has 0 heterocycles. The summed E-state index contributed by atoms with van der Waals surface area (Å²) >= 11 is 2.24. The van der Waals surface area contributed by atoms with E-state index in [4.69, 9.17) is 12.2 Å². The second kappa shape index (κ2) is 6.99. The molecule has 0 aliphatic carbocycles. The average molecular weight is 273 g/mol. The molecule has 64 valence electrons. The third-order valence-electron chi connectivity index (χ3n) is 1.07. The quantitative estimate of drug-likeness (QED) is 0.439. The van der Waals surface area contributed by atoms with Gasteiger partial charge in [-0.1, -0.05) is 6.92 Å². The maximum absolute atomic E-state index is 5.42. The van der Waals surface area contributed by atoms with E-state index >= 15 is 0 Å². The molecule has 2 heteroatoms. The van der Waals surface area contributed by atoms with E-state index in [9.17, 15) is 0 Å². The Labute approximate surface area is 87.5 Å². The van der Waals surface area contributed by atoms with Gasteiger partial charge in [-0.2, -0.15) is 0 Å². The Morgan fingerprint density at radius 1 is 1.42 bits per heavy atom. The first-order valence-corrected chi connectivity index (χ1v) is 4.73. The molecule has 1 rings (SSSR count). The predicted molar refractivity (Wildman–Crippen MR) is 62.7 cm³/mol. The molecular weight excluding hydrogens is 261 g/mol. The number of terminal acetylenes is 1. The Balaban J connectivity index is 0.000000261. The van der Waals surface area contributed by atoms with Crippen LogP contribution in [0, 0.1) is 15.9 Å². The fourth-order valence-corrected chi connectivity index (χ4v) is 0.822. The van der Waals surface area contributed by atoms with Crippen molar-refractivity contribution in [2.24, 2.45) is 0 Å². The summed E-state index contributed by atoms with van der Waals surface area (Å²) in [5, 5.41) is 0. The molecule has 1 aromatic carbocycles. The van der Waals surface area contributed by atoms with Gasteiger partial charge in [0, 0.05) is 15.7 Å². The molecule has 0 saturated carbocycles. The van der Waals surface area contributed by atoms with Crippen molar-refractivity contribution in [1.82, 2.24) is 0 Å². The number of halogens is 1. The Kier molecular flexibility index (Phi) is 6.58. The van der Waals surface area contributed by atoms with Crippen molar-refractivity contribution in [3.05, 3.63) is 27.8 Å². The highest BCUT2D eigenvalue weighted by Crippen LogP contribution is 2.06. The Bertz CT molecular complexity index is 225. The van der Waals surface area contributed by atoms with Gasteiger partial charge in [-0.05, 0) is 46.9 Å². The van der Waals surface area contributed by atoms with E-state index in [1.807, 2.05) is 31.2 Å². The minimum Gasteiger partial charge on any atom is -0.399 e. The fraction of sp³-hybridized carbons (Fsp3) is 0.200. The third-order valence-corrected chi connectivity index (χ3v) is 1.79. The summed E-state index contributed by atoms with van der Waals surface area (Å²) in [6, 6.07) is 7.75. The highest BCUT2D eigenvalue weighted by atomic mass is 127. The summed E-state index contributed by atoms with van der Waals surface area (Å²) < 4.78 is 1.22. The molecule has 0 aromatic heterocycles. The van der Waals surface area contributed by atoms with Crippen LogP contribution in [0.4, 0.5) is 5.69 Å². The van der Waals surface area contributed by atoms with Crippen LogP contribution < -0.4 is 5.73 Å². The van der Waals surface area contributed by atoms with Gasteiger partial charge in [0.2, 0.25) is 0 Å². The van der Waals surface area contributed by atoms with Crippen LogP contribution in [0.2, 0.25) is 0 Å². The summed E-state index contributed by atoms with van der Waals surface area (Å²) in [6.07, 6.45) is 5.62. The highest BCUT2D eigenvalue weighted by Gasteiger charge is 1.81. The minimum atomic E-state index is 0.824. The molecule has 0 saturated heterocycles. The van der Waals surface area contributed by atoms with Crippen LogP contribution in [0.5, 0.6) is 0 Å². The van der Waals surface area contributed by atoms with Crippen LogP contribution in [-0.2, 0) is 0 Å². The molecule has 2 N–H and O–H groups in total. The van der Waals surface area contributed by atoms with E-state index in [1.165, 1.54) is 3.57 Å². The van der Waals surface area contributed by atoms with Gasteiger partial charge in [-0.25, -0.2) is 0 Å². The first kappa shape index (κ1) is 11.3. The lowest BCUT2D eigenvalue weighted by atomic mass is 10.3. The van der Waals surface area contributed by atoms with E-state index in [1.54, 1.807) is 0 Å². The van der Waals surface area contributed by atoms with Gasteiger partial charge in [0.15, 0.2) is 0 Å². The van der Waals surface area contributed by atoms with E-state index < -0.39 is 0 Å². The molecule has 0 atom stereocenters. The zero-order chi connectivity index (χ0) is 9.40. The number of hydrogen-bond donors (Lipinski definition) is 1. The number of benzene rings is 1. The molecule has 0 aliphatic rings. The molecule has 0 amide bonds. The third kappa shape index (κ3) is 6.05. The van der Waals surface area contributed by atoms with Gasteiger partial charge in [-0.15, -0.1) is 12.3 Å². The maximum atomic E-state index is 5.42. The number of anilines is 1. The lowest BCUT2D eigenvalue weighted by molar-refractivity contribution is 1.28. The molecular formula is C10H12IN. The second-order valence-electron chi connectivity index (χ2n) is 2.11. The summed E-state index contributed by atoms with van der Waals surface area (Å²) in [5.74, 6) is 2.43. The monoisotopic (exact) mass is 273 g/mol. The molecule has 12 heavy (non-hydrogen) atoms. The highest BCUT2D eigenvalue weighted by molar-refractivity contribution is 14.1. The first-order valence-electron chi connectivity index (χ1n) is 3.65. The van der Waals surface area contributed by atoms with Crippen LogP contribution in [0.3, 0.4) is 0 Å². The van der Waals surface area contributed by atoms with Gasteiger partial charge in [0.1, 0.15) is 0 Å². The molecule has 0 bridgehead atoms. The summed E-state index contributed by atoms with van der Waals surface area (Å²) in [5.41, 5.74) is 6.25. The standard InChI is InChI=1S/C6H6IN.C4H6/c7-5-1-3-6(8)4-2-5;1-3-4-2/h1-4H,8H2;1H,4H2,2H3. The molecule has 1 nitrogen and oxygen atoms in total. The van der Waals surface area contributed by atoms with E-state index in [0.717, 1.165) is 12.1 Å². The lowest BCUT2D eigenvalue weighted by Gasteiger charge is -1.89. The fourth-order valence-electron chi connectivity index (χ4n) is 0.463. The summed E-state index contributed by atoms with van der Waals surface area (Å²) in [4.78, 5) is 0. The van der Waals surface area contributed by atoms with Gasteiger partial charge >= 0.3 is 0 Å². The minimum absolute atomic E-state index is 0.824. The van der Waals surface area contributed by atoms with Crippen molar-refractivity contribution >= 4 is 28.3 Å². The Morgan fingerprint density at radius 3 is 2.08 bits per heavy atom. The van der Waals surface area contributed by atoms with E-state index in [2.05, 4.69) is 28.5 Å². The molecule has 0 spiro atoms. The largest absolute Gasteiger partial charge is 0.399 e. The summed E-state index contributed by atoms with van der Waals surface area (Å²) in [7, 11) is 0. The molecule has 1 aromatic rings. The second-order valence-corrected chi connectivity index (χ2v) is 3.35. The average Bonchev–Trinajstić information content (AvgIpc) is 2.11. The summed E-state index contributed by atoms with van der Waals surface area (Å²) in [6.45, 7) is 1.94. The van der Waals surface area contributed by atoms with Gasteiger partial charge < -0.3 is 5.73 Å². The van der Waals surface area contributed by atoms with Gasteiger partial charge in [0.05, 0.1) is 0 Å². The van der Waals surface area contributed by atoms with E-state index in [-0.39, 0.29) is 0 Å². The number of rotatable bonds is 0. The molecule has 0 radical (unpaired) electrons. The molecule has 0 fully saturated rings. The van der Waals surface area contributed by atoms with Crippen molar-refractivity contribution in [2.75, 3.05) is 5.73 Å². The Morgan fingerprint density at radius 2 is 1.83 bits per heavy atom. The van der Waals surface area contributed by atoms with E-state index in [0.29, 0.717) is 0 Å². The zero-order valence-corrected chi connectivity index (χ0v) is 9.21. The predicted octanol–water partition coefficient (Wildman–Crippen LogP) is 2.90. The van der Waals surface area contributed by atoms with Crippen molar-refractivity contribution in [3.63, 3.8) is 0 Å². The van der Waals surface area contributed by atoms with Crippen molar-refractivity contribution < 1.29 is 0 Å². The van der Waals surface area contributed by atoms with Crippen LogP contribution in [0.1, 0.15) is 13.3 Å². The smallest absolute Gasteiger partial charge is 0.0314 e. The SMILES string of the molecule is C#CCC.Nc1ccc(I)cc1. The molecule has 0 unspecified atom stereocenters. The number of nitrogen functional groups attached to an aromatic ring is 1. The van der Waals surface area contributed by atoms with Crippen LogP contribution >= 0.6 is 22.6 Å². The van der Waals surface area contributed by atoms with Crippen LogP contribution in [0.25, 0.3) is 0 Å². The zero-order valence-electron chi connectivity index (χ0n) is 7.05. The van der Waals surface area contributed by atoms with Crippen molar-refractivity contribution in [3.8, 4) is 12.3 Å². The first-order chi connectivity index (χ1) is 5.70. The van der Waals surface area contributed by atoms with Gasteiger partial charge in [0.25, 0.3) is 0 Å². The van der Waals surface area contributed by atoms with Crippen molar-refractivity contribution in [1.29, 1.82) is 0 Å². The maximum Gasteiger partial charge on any atom is 0.0314 e.